The Morgan fingerprint density at radius 3 is 2.53 bits per heavy atom. The van der Waals surface area contributed by atoms with Crippen molar-refractivity contribution in [3.8, 4) is 0 Å². The second-order valence-electron chi connectivity index (χ2n) is 9.56. The minimum Gasteiger partial charge on any atom is -0.369 e. The zero-order valence-electron chi connectivity index (χ0n) is 18.2. The quantitative estimate of drug-likeness (QED) is 0.711. The van der Waals surface area contributed by atoms with E-state index in [1.54, 1.807) is 24.3 Å². The molecule has 1 aromatic rings. The zero-order chi connectivity index (χ0) is 21.0. The highest BCUT2D eigenvalue weighted by Gasteiger charge is 2.48. The number of aliphatic imine (C=N–C) groups is 1. The topological polar surface area (TPSA) is 96.5 Å². The van der Waals surface area contributed by atoms with Crippen LogP contribution in [0.5, 0.6) is 0 Å². The van der Waals surface area contributed by atoms with E-state index in [-0.39, 0.29) is 5.91 Å². The molecule has 0 spiro atoms. The fraction of sp³-hybridized carbons (Fsp3) is 0.739. The number of aromatic nitrogens is 2. The molecule has 0 aromatic carbocycles. The van der Waals surface area contributed by atoms with Crippen LogP contribution in [0, 0.1) is 11.8 Å². The number of carbonyl (C=O) groups is 1. The van der Waals surface area contributed by atoms with Gasteiger partial charge in [0.25, 0.3) is 5.91 Å². The summed E-state index contributed by atoms with van der Waals surface area (Å²) in [6, 6.07) is 2.17. The van der Waals surface area contributed by atoms with Crippen LogP contribution in [0.2, 0.25) is 0 Å². The van der Waals surface area contributed by atoms with Crippen molar-refractivity contribution >= 4 is 17.8 Å². The number of carbonyl (C=O) groups excluding carboxylic acids is 1. The third-order valence-electron chi connectivity index (χ3n) is 7.37. The molecule has 2 aliphatic carbocycles. The second kappa shape index (κ2) is 9.31. The van der Waals surface area contributed by atoms with Gasteiger partial charge in [-0.1, -0.05) is 44.9 Å². The standard InChI is InChI=1S/C23H36N6O/c1-29-20(30)23(28-21(29)24,12-11-17-7-3-2-4-8-17)16-18-9-5-10-19(15-18)27-22-25-13-6-14-26-22/h6,13-14,17-19H,2-5,7-12,15-16H2,1H3,(H2,24,28)(H,25,26,27)/t18-,19+,23+/m0/s1. The number of hydrogen-bond acceptors (Lipinski definition) is 6. The molecular formula is C23H36N6O. The van der Waals surface area contributed by atoms with Crippen molar-refractivity contribution in [2.75, 3.05) is 12.4 Å². The van der Waals surface area contributed by atoms with Crippen LogP contribution in [-0.2, 0) is 4.79 Å². The Hall–Kier alpha value is -2.18. The van der Waals surface area contributed by atoms with Crippen molar-refractivity contribution in [2.24, 2.45) is 22.6 Å². The van der Waals surface area contributed by atoms with Crippen molar-refractivity contribution in [2.45, 2.75) is 88.6 Å². The van der Waals surface area contributed by atoms with Gasteiger partial charge >= 0.3 is 0 Å². The van der Waals surface area contributed by atoms with Crippen molar-refractivity contribution in [1.82, 2.24) is 14.9 Å². The lowest BCUT2D eigenvalue weighted by atomic mass is 9.74. The molecule has 7 heteroatoms. The summed E-state index contributed by atoms with van der Waals surface area (Å²) in [5.41, 5.74) is 5.45. The minimum atomic E-state index is -0.661. The third kappa shape index (κ3) is 4.76. The maximum absolute atomic E-state index is 13.3. The fourth-order valence-corrected chi connectivity index (χ4v) is 5.72. The van der Waals surface area contributed by atoms with Gasteiger partial charge in [0, 0.05) is 25.5 Å². The largest absolute Gasteiger partial charge is 0.369 e. The van der Waals surface area contributed by atoms with E-state index in [4.69, 9.17) is 10.7 Å². The molecule has 2 saturated carbocycles. The molecule has 1 amide bonds. The molecule has 1 aliphatic heterocycles. The minimum absolute atomic E-state index is 0.0947. The molecule has 2 fully saturated rings. The van der Waals surface area contributed by atoms with Crippen LogP contribution < -0.4 is 11.1 Å². The van der Waals surface area contributed by atoms with Gasteiger partial charge in [-0.15, -0.1) is 0 Å². The summed E-state index contributed by atoms with van der Waals surface area (Å²) < 4.78 is 0. The van der Waals surface area contributed by atoms with E-state index >= 15 is 0 Å². The first kappa shape index (κ1) is 21.1. The predicted molar refractivity (Wildman–Crippen MR) is 119 cm³/mol. The van der Waals surface area contributed by atoms with Crippen molar-refractivity contribution in [1.29, 1.82) is 0 Å². The van der Waals surface area contributed by atoms with E-state index in [9.17, 15) is 4.79 Å². The first-order chi connectivity index (χ1) is 14.6. The fourth-order valence-electron chi connectivity index (χ4n) is 5.72. The lowest BCUT2D eigenvalue weighted by Crippen LogP contribution is -2.44. The van der Waals surface area contributed by atoms with E-state index in [0.717, 1.165) is 50.9 Å². The van der Waals surface area contributed by atoms with Gasteiger partial charge in [0.05, 0.1) is 0 Å². The summed E-state index contributed by atoms with van der Waals surface area (Å²) in [5.74, 6) is 2.36. The molecule has 0 unspecified atom stereocenters. The van der Waals surface area contributed by atoms with E-state index in [1.807, 2.05) is 6.07 Å². The van der Waals surface area contributed by atoms with Gasteiger partial charge in [0.15, 0.2) is 5.96 Å². The Morgan fingerprint density at radius 1 is 1.10 bits per heavy atom. The summed E-state index contributed by atoms with van der Waals surface area (Å²) in [6.07, 6.45) is 17.3. The van der Waals surface area contributed by atoms with Crippen LogP contribution in [0.3, 0.4) is 0 Å². The van der Waals surface area contributed by atoms with Gasteiger partial charge in [-0.25, -0.2) is 15.0 Å². The predicted octanol–water partition coefficient (Wildman–Crippen LogP) is 3.72. The Bertz CT molecular complexity index is 747. The summed E-state index contributed by atoms with van der Waals surface area (Å²) in [4.78, 5) is 28.2. The second-order valence-corrected chi connectivity index (χ2v) is 9.56. The lowest BCUT2D eigenvalue weighted by Gasteiger charge is -2.35. The highest BCUT2D eigenvalue weighted by Crippen LogP contribution is 2.40. The number of guanidine groups is 1. The first-order valence-electron chi connectivity index (χ1n) is 11.7. The molecule has 0 radical (unpaired) electrons. The van der Waals surface area contributed by atoms with Crippen LogP contribution in [-0.4, -0.2) is 45.4 Å². The average Bonchev–Trinajstić information content (AvgIpc) is 2.98. The van der Waals surface area contributed by atoms with Gasteiger partial charge in [-0.2, -0.15) is 0 Å². The van der Waals surface area contributed by atoms with Gasteiger partial charge in [-0.3, -0.25) is 9.69 Å². The maximum Gasteiger partial charge on any atom is 0.257 e. The zero-order valence-corrected chi connectivity index (χ0v) is 18.2. The monoisotopic (exact) mass is 412 g/mol. The number of nitrogens with two attached hydrogens (primary N) is 1. The van der Waals surface area contributed by atoms with Crippen LogP contribution in [0.1, 0.15) is 77.0 Å². The summed E-state index contributed by atoms with van der Waals surface area (Å²) in [7, 11) is 1.77. The van der Waals surface area contributed by atoms with E-state index < -0.39 is 5.54 Å². The Kier molecular flexibility index (Phi) is 6.54. The number of nitrogens with one attached hydrogen (secondary N) is 1. The molecule has 0 saturated heterocycles. The summed E-state index contributed by atoms with van der Waals surface area (Å²) in [6.45, 7) is 0. The van der Waals surface area contributed by atoms with Gasteiger partial charge in [-0.05, 0) is 50.0 Å². The van der Waals surface area contributed by atoms with Gasteiger partial charge in [0.2, 0.25) is 5.95 Å². The molecule has 164 valence electrons. The third-order valence-corrected chi connectivity index (χ3v) is 7.37. The lowest BCUT2D eigenvalue weighted by molar-refractivity contribution is -0.131. The normalized spacial score (nSPS) is 30.4. The van der Waals surface area contributed by atoms with E-state index in [0.29, 0.717) is 23.9 Å². The van der Waals surface area contributed by atoms with Gasteiger partial charge in [0.1, 0.15) is 5.54 Å². The molecule has 7 nitrogen and oxygen atoms in total. The number of rotatable bonds is 7. The highest BCUT2D eigenvalue weighted by molar-refractivity contribution is 6.06. The van der Waals surface area contributed by atoms with Crippen LogP contribution in [0.15, 0.2) is 23.5 Å². The SMILES string of the molecule is CN1C(=O)[C@@](CCC2CCCCC2)(C[C@H]2CCC[C@@H](Nc3ncccn3)C2)N=C1N. The number of anilines is 1. The number of likely N-dealkylation sites (N-methyl/N-ethyl adjacent to an activating group) is 1. The molecule has 3 atom stereocenters. The van der Waals surface area contributed by atoms with Crippen LogP contribution in [0.25, 0.3) is 0 Å². The molecule has 1 aromatic heterocycles. The van der Waals surface area contributed by atoms with Crippen molar-refractivity contribution in [3.05, 3.63) is 18.5 Å². The first-order valence-corrected chi connectivity index (χ1v) is 11.7. The number of amides is 1. The van der Waals surface area contributed by atoms with Crippen molar-refractivity contribution in [3.63, 3.8) is 0 Å². The number of nitrogens with zero attached hydrogens (tertiary/aromatic N) is 4. The van der Waals surface area contributed by atoms with Crippen LogP contribution in [0.4, 0.5) is 5.95 Å². The van der Waals surface area contributed by atoms with E-state index in [1.165, 1.54) is 32.1 Å². The van der Waals surface area contributed by atoms with Crippen molar-refractivity contribution < 1.29 is 4.79 Å². The van der Waals surface area contributed by atoms with Crippen LogP contribution >= 0.6 is 0 Å². The molecular weight excluding hydrogens is 376 g/mol. The Morgan fingerprint density at radius 2 is 1.83 bits per heavy atom. The molecule has 2 heterocycles. The van der Waals surface area contributed by atoms with Gasteiger partial charge < -0.3 is 11.1 Å². The summed E-state index contributed by atoms with van der Waals surface area (Å²) >= 11 is 0. The van der Waals surface area contributed by atoms with E-state index in [2.05, 4.69) is 15.3 Å². The molecule has 4 rings (SSSR count). The molecule has 30 heavy (non-hydrogen) atoms. The number of hydrogen-bond donors (Lipinski definition) is 2. The molecule has 0 bridgehead atoms. The Labute approximate surface area is 179 Å². The highest BCUT2D eigenvalue weighted by atomic mass is 16.2. The smallest absolute Gasteiger partial charge is 0.257 e. The molecule has 3 aliphatic rings. The Balaban J connectivity index is 1.42. The summed E-state index contributed by atoms with van der Waals surface area (Å²) in [5, 5.41) is 3.48. The maximum atomic E-state index is 13.3. The molecule has 3 N–H and O–H groups in total. The average molecular weight is 413 g/mol.